The highest BCUT2D eigenvalue weighted by Crippen LogP contribution is 2.26. The van der Waals surface area contributed by atoms with Gasteiger partial charge < -0.3 is 10.5 Å². The normalized spacial score (nSPS) is 10.1. The average molecular weight is 215 g/mol. The third-order valence-electron chi connectivity index (χ3n) is 2.24. The predicted octanol–water partition coefficient (Wildman–Crippen LogP) is 2.41. The fraction of sp³-hybridized carbons (Fsp3) is 0.167. The van der Waals surface area contributed by atoms with Crippen LogP contribution in [0.5, 0.6) is 11.6 Å². The lowest BCUT2D eigenvalue weighted by atomic mass is 10.1. The number of aryl methyl sites for hydroxylation is 1. The van der Waals surface area contributed by atoms with Crippen molar-refractivity contribution in [2.24, 2.45) is 0 Å². The minimum Gasteiger partial charge on any atom is -0.435 e. The molecule has 0 aliphatic rings. The molecule has 0 spiro atoms. The van der Waals surface area contributed by atoms with Crippen LogP contribution in [-0.4, -0.2) is 9.97 Å². The third-order valence-corrected chi connectivity index (χ3v) is 2.24. The minimum absolute atomic E-state index is 0.443. The Balaban J connectivity index is 2.22. The van der Waals surface area contributed by atoms with Gasteiger partial charge in [0.05, 0.1) is 11.9 Å². The molecule has 82 valence electrons. The van der Waals surface area contributed by atoms with Crippen LogP contribution < -0.4 is 10.5 Å². The lowest BCUT2D eigenvalue weighted by molar-refractivity contribution is 0.462. The molecule has 0 bridgehead atoms. The van der Waals surface area contributed by atoms with Gasteiger partial charge in [0.2, 0.25) is 5.88 Å². The summed E-state index contributed by atoms with van der Waals surface area (Å²) in [6, 6.07) is 5.75. The third kappa shape index (κ3) is 2.28. The van der Waals surface area contributed by atoms with E-state index in [-0.39, 0.29) is 0 Å². The number of aromatic nitrogens is 2. The summed E-state index contributed by atoms with van der Waals surface area (Å²) >= 11 is 0. The van der Waals surface area contributed by atoms with Crippen molar-refractivity contribution in [2.75, 3.05) is 5.73 Å². The molecule has 0 fully saturated rings. The summed E-state index contributed by atoms with van der Waals surface area (Å²) in [5.41, 5.74) is 7.67. The summed E-state index contributed by atoms with van der Waals surface area (Å²) in [5, 5.41) is 0. The van der Waals surface area contributed by atoms with Crippen molar-refractivity contribution < 1.29 is 4.74 Å². The molecular formula is C12H13N3O. The van der Waals surface area contributed by atoms with Crippen molar-refractivity contribution >= 4 is 5.69 Å². The van der Waals surface area contributed by atoms with Crippen LogP contribution in [0, 0.1) is 0 Å². The van der Waals surface area contributed by atoms with Gasteiger partial charge in [0.25, 0.3) is 0 Å². The van der Waals surface area contributed by atoms with Crippen LogP contribution in [0.1, 0.15) is 12.5 Å². The number of nitrogens with zero attached hydrogens (tertiary/aromatic N) is 2. The van der Waals surface area contributed by atoms with Gasteiger partial charge in [0.15, 0.2) is 5.75 Å². The molecule has 4 nitrogen and oxygen atoms in total. The van der Waals surface area contributed by atoms with Crippen molar-refractivity contribution in [3.8, 4) is 11.6 Å². The molecular weight excluding hydrogens is 202 g/mol. The van der Waals surface area contributed by atoms with E-state index in [0.717, 1.165) is 6.42 Å². The molecule has 0 amide bonds. The number of benzene rings is 1. The van der Waals surface area contributed by atoms with Crippen LogP contribution in [0.25, 0.3) is 0 Å². The van der Waals surface area contributed by atoms with E-state index in [9.17, 15) is 0 Å². The molecule has 2 N–H and O–H groups in total. The standard InChI is InChI=1S/C12H13N3O/c1-2-9-3-4-11(10(13)7-9)16-12-8-14-5-6-15-12/h3-8H,2,13H2,1H3. The van der Waals surface area contributed by atoms with Crippen LogP contribution in [-0.2, 0) is 6.42 Å². The summed E-state index contributed by atoms with van der Waals surface area (Å²) in [5.74, 6) is 1.05. The van der Waals surface area contributed by atoms with E-state index >= 15 is 0 Å². The molecule has 0 aliphatic carbocycles. The first-order valence-electron chi connectivity index (χ1n) is 5.12. The van der Waals surface area contributed by atoms with Gasteiger partial charge in [-0.05, 0) is 24.1 Å². The molecule has 0 unspecified atom stereocenters. The van der Waals surface area contributed by atoms with E-state index in [4.69, 9.17) is 10.5 Å². The van der Waals surface area contributed by atoms with Crippen LogP contribution in [0.4, 0.5) is 5.69 Å². The Morgan fingerprint density at radius 1 is 1.31 bits per heavy atom. The van der Waals surface area contributed by atoms with Gasteiger partial charge in [-0.3, -0.25) is 4.98 Å². The second-order valence-electron chi connectivity index (χ2n) is 3.37. The minimum atomic E-state index is 0.443. The Kier molecular flexibility index (Phi) is 3.00. The Labute approximate surface area is 94.1 Å². The van der Waals surface area contributed by atoms with E-state index in [1.165, 1.54) is 5.56 Å². The summed E-state index contributed by atoms with van der Waals surface area (Å²) in [4.78, 5) is 7.93. The van der Waals surface area contributed by atoms with Gasteiger partial charge in [0, 0.05) is 12.4 Å². The highest BCUT2D eigenvalue weighted by molar-refractivity contribution is 5.55. The molecule has 1 aromatic heterocycles. The number of ether oxygens (including phenoxy) is 1. The van der Waals surface area contributed by atoms with E-state index in [0.29, 0.717) is 17.3 Å². The number of nitrogen functional groups attached to an aromatic ring is 1. The summed E-state index contributed by atoms with van der Waals surface area (Å²) < 4.78 is 5.51. The van der Waals surface area contributed by atoms with Crippen LogP contribution >= 0.6 is 0 Å². The lowest BCUT2D eigenvalue weighted by Crippen LogP contribution is -1.95. The zero-order valence-electron chi connectivity index (χ0n) is 9.05. The zero-order chi connectivity index (χ0) is 11.4. The molecule has 0 radical (unpaired) electrons. The second-order valence-corrected chi connectivity index (χ2v) is 3.37. The molecule has 0 aliphatic heterocycles. The van der Waals surface area contributed by atoms with E-state index in [1.807, 2.05) is 18.2 Å². The fourth-order valence-corrected chi connectivity index (χ4v) is 1.36. The molecule has 0 saturated heterocycles. The Morgan fingerprint density at radius 3 is 2.81 bits per heavy atom. The fourth-order valence-electron chi connectivity index (χ4n) is 1.36. The van der Waals surface area contributed by atoms with Crippen LogP contribution in [0.3, 0.4) is 0 Å². The topological polar surface area (TPSA) is 61.0 Å². The van der Waals surface area contributed by atoms with Crippen molar-refractivity contribution in [1.29, 1.82) is 0 Å². The number of anilines is 1. The Bertz CT molecular complexity index is 471. The maximum atomic E-state index is 5.87. The number of hydrogen-bond donors (Lipinski definition) is 1. The maximum Gasteiger partial charge on any atom is 0.237 e. The van der Waals surface area contributed by atoms with Crippen molar-refractivity contribution in [3.05, 3.63) is 42.4 Å². The molecule has 1 heterocycles. The van der Waals surface area contributed by atoms with Crippen molar-refractivity contribution in [1.82, 2.24) is 9.97 Å². The van der Waals surface area contributed by atoms with Gasteiger partial charge in [0.1, 0.15) is 0 Å². The summed E-state index contributed by atoms with van der Waals surface area (Å²) in [6.07, 6.45) is 5.67. The maximum absolute atomic E-state index is 5.87. The van der Waals surface area contributed by atoms with Gasteiger partial charge in [-0.2, -0.15) is 0 Å². The molecule has 2 rings (SSSR count). The smallest absolute Gasteiger partial charge is 0.237 e. The molecule has 0 atom stereocenters. The van der Waals surface area contributed by atoms with Gasteiger partial charge in [-0.1, -0.05) is 13.0 Å². The highest BCUT2D eigenvalue weighted by atomic mass is 16.5. The van der Waals surface area contributed by atoms with E-state index < -0.39 is 0 Å². The predicted molar refractivity (Wildman–Crippen MR) is 62.3 cm³/mol. The molecule has 0 saturated carbocycles. The largest absolute Gasteiger partial charge is 0.435 e. The molecule has 16 heavy (non-hydrogen) atoms. The number of nitrogens with two attached hydrogens (primary N) is 1. The van der Waals surface area contributed by atoms with Gasteiger partial charge in [-0.15, -0.1) is 0 Å². The highest BCUT2D eigenvalue weighted by Gasteiger charge is 2.03. The van der Waals surface area contributed by atoms with Crippen LogP contribution in [0.15, 0.2) is 36.8 Å². The number of hydrogen-bond acceptors (Lipinski definition) is 4. The van der Waals surface area contributed by atoms with Gasteiger partial charge in [-0.25, -0.2) is 4.98 Å². The Hall–Kier alpha value is -2.10. The van der Waals surface area contributed by atoms with Crippen LogP contribution in [0.2, 0.25) is 0 Å². The summed E-state index contributed by atoms with van der Waals surface area (Å²) in [7, 11) is 0. The SMILES string of the molecule is CCc1ccc(Oc2cnccn2)c(N)c1. The van der Waals surface area contributed by atoms with E-state index in [1.54, 1.807) is 18.6 Å². The average Bonchev–Trinajstić information content (AvgIpc) is 2.33. The lowest BCUT2D eigenvalue weighted by Gasteiger charge is -2.08. The quantitative estimate of drug-likeness (QED) is 0.799. The molecule has 2 aromatic rings. The first-order valence-corrected chi connectivity index (χ1v) is 5.12. The zero-order valence-corrected chi connectivity index (χ0v) is 9.05. The van der Waals surface area contributed by atoms with Gasteiger partial charge >= 0.3 is 0 Å². The second kappa shape index (κ2) is 4.61. The first kappa shape index (κ1) is 10.4. The number of rotatable bonds is 3. The molecule has 4 heteroatoms. The monoisotopic (exact) mass is 215 g/mol. The van der Waals surface area contributed by atoms with E-state index in [2.05, 4.69) is 16.9 Å². The summed E-state index contributed by atoms with van der Waals surface area (Å²) in [6.45, 7) is 2.08. The Morgan fingerprint density at radius 2 is 2.19 bits per heavy atom. The van der Waals surface area contributed by atoms with Crippen molar-refractivity contribution in [3.63, 3.8) is 0 Å². The van der Waals surface area contributed by atoms with Crippen molar-refractivity contribution in [2.45, 2.75) is 13.3 Å². The molecule has 1 aromatic carbocycles. The first-order chi connectivity index (χ1) is 7.79.